The molecule has 0 aliphatic carbocycles. The maximum atomic E-state index is 4.88. The number of benzene rings is 1. The number of fused-ring (bicyclic) bond motifs is 3. The Balaban J connectivity index is 1.65. The van der Waals surface area contributed by atoms with Gasteiger partial charge in [-0.25, -0.2) is 4.98 Å². The predicted molar refractivity (Wildman–Crippen MR) is 107 cm³/mol. The van der Waals surface area contributed by atoms with Crippen LogP contribution in [0, 0.1) is 6.92 Å². The third kappa shape index (κ3) is 2.77. The smallest absolute Gasteiger partial charge is 0.115 e. The van der Waals surface area contributed by atoms with Gasteiger partial charge in [-0.15, -0.1) is 0 Å². The van der Waals surface area contributed by atoms with E-state index in [1.54, 1.807) is 0 Å². The first-order valence-corrected chi connectivity index (χ1v) is 8.86. The predicted octanol–water partition coefficient (Wildman–Crippen LogP) is 4.64. The van der Waals surface area contributed by atoms with Crippen LogP contribution < -0.4 is 0 Å². The summed E-state index contributed by atoms with van der Waals surface area (Å²) >= 11 is 0. The lowest BCUT2D eigenvalue weighted by Gasteiger charge is -2.07. The van der Waals surface area contributed by atoms with E-state index in [9.17, 15) is 0 Å². The van der Waals surface area contributed by atoms with Crippen molar-refractivity contribution in [3.63, 3.8) is 0 Å². The number of imidazole rings is 1. The zero-order valence-electron chi connectivity index (χ0n) is 15.5. The van der Waals surface area contributed by atoms with Crippen molar-refractivity contribution >= 4 is 27.5 Å². The van der Waals surface area contributed by atoms with Crippen molar-refractivity contribution in [1.29, 1.82) is 0 Å². The molecule has 0 saturated heterocycles. The average Bonchev–Trinajstić information content (AvgIpc) is 2.96. The Kier molecular flexibility index (Phi) is 4.03. The first-order valence-electron chi connectivity index (χ1n) is 8.86. The van der Waals surface area contributed by atoms with Gasteiger partial charge in [0.2, 0.25) is 0 Å². The van der Waals surface area contributed by atoms with E-state index in [2.05, 4.69) is 53.5 Å². The van der Waals surface area contributed by atoms with Crippen molar-refractivity contribution in [1.82, 2.24) is 19.5 Å². The van der Waals surface area contributed by atoms with E-state index < -0.39 is 0 Å². The Morgan fingerprint density at radius 1 is 1.04 bits per heavy atom. The van der Waals surface area contributed by atoms with Gasteiger partial charge in [0.1, 0.15) is 11.3 Å². The molecule has 4 heteroatoms. The Morgan fingerprint density at radius 3 is 2.65 bits per heavy atom. The highest BCUT2D eigenvalue weighted by molar-refractivity contribution is 6.01. The zero-order valence-corrected chi connectivity index (χ0v) is 15.5. The van der Waals surface area contributed by atoms with Crippen molar-refractivity contribution in [2.24, 2.45) is 7.05 Å². The molecule has 4 nitrogen and oxygen atoms in total. The van der Waals surface area contributed by atoms with E-state index in [1.165, 1.54) is 0 Å². The van der Waals surface area contributed by atoms with Gasteiger partial charge in [-0.05, 0) is 49.6 Å². The molecule has 0 bridgehead atoms. The summed E-state index contributed by atoms with van der Waals surface area (Å²) in [4.78, 5) is 14.1. The molecule has 0 aliphatic rings. The van der Waals surface area contributed by atoms with Crippen molar-refractivity contribution in [3.8, 4) is 0 Å². The Morgan fingerprint density at radius 2 is 1.88 bits per heavy atom. The molecule has 0 aliphatic heterocycles. The van der Waals surface area contributed by atoms with Gasteiger partial charge in [0, 0.05) is 36.4 Å². The highest BCUT2D eigenvalue weighted by Crippen LogP contribution is 2.24. The largest absolute Gasteiger partial charge is 0.331 e. The number of pyridine rings is 2. The molecule has 0 spiro atoms. The number of aromatic nitrogens is 4. The highest BCUT2D eigenvalue weighted by Gasteiger charge is 2.12. The summed E-state index contributed by atoms with van der Waals surface area (Å²) in [5.74, 6) is 1.06. The summed E-state index contributed by atoms with van der Waals surface area (Å²) in [5.41, 5.74) is 7.37. The first-order chi connectivity index (χ1) is 12.5. The van der Waals surface area contributed by atoms with Gasteiger partial charge in [0.05, 0.1) is 11.0 Å². The standard InChI is InChI=1S/C22H22N4/c1-14(2)18-10-8-17(24-15(18)3)9-12-20-25-22-19(26(20)4)11-7-16-6-5-13-23-21(16)22/h5-8,10-11,13H,1,9,12H2,2-4H3. The van der Waals surface area contributed by atoms with Gasteiger partial charge in [-0.2, -0.15) is 0 Å². The van der Waals surface area contributed by atoms with Crippen LogP contribution in [0.15, 0.2) is 49.2 Å². The fourth-order valence-electron chi connectivity index (χ4n) is 3.51. The van der Waals surface area contributed by atoms with E-state index in [-0.39, 0.29) is 0 Å². The maximum absolute atomic E-state index is 4.88. The lowest BCUT2D eigenvalue weighted by molar-refractivity contribution is 0.774. The summed E-state index contributed by atoms with van der Waals surface area (Å²) in [7, 11) is 2.07. The molecule has 3 aromatic heterocycles. The minimum absolute atomic E-state index is 0.846. The number of aryl methyl sites for hydroxylation is 4. The molecule has 0 amide bonds. The van der Waals surface area contributed by atoms with Gasteiger partial charge in [-0.1, -0.05) is 24.8 Å². The number of nitrogens with zero attached hydrogens (tertiary/aromatic N) is 4. The fraction of sp³-hybridized carbons (Fsp3) is 0.227. The van der Waals surface area contributed by atoms with Crippen LogP contribution in [0.25, 0.3) is 27.5 Å². The third-order valence-corrected chi connectivity index (χ3v) is 4.92. The summed E-state index contributed by atoms with van der Waals surface area (Å²) in [5, 5.41) is 1.12. The molecule has 0 atom stereocenters. The van der Waals surface area contributed by atoms with Crippen LogP contribution in [-0.2, 0) is 19.9 Å². The molecule has 0 fully saturated rings. The molecule has 1 aromatic carbocycles. The molecule has 3 heterocycles. The average molecular weight is 342 g/mol. The van der Waals surface area contributed by atoms with Crippen molar-refractivity contribution < 1.29 is 0 Å². The summed E-state index contributed by atoms with van der Waals surface area (Å²) in [6.45, 7) is 8.07. The van der Waals surface area contributed by atoms with E-state index >= 15 is 0 Å². The minimum Gasteiger partial charge on any atom is -0.331 e. The maximum Gasteiger partial charge on any atom is 0.115 e. The molecule has 26 heavy (non-hydrogen) atoms. The van der Waals surface area contributed by atoms with Crippen LogP contribution in [0.3, 0.4) is 0 Å². The van der Waals surface area contributed by atoms with Crippen LogP contribution in [0.1, 0.15) is 29.7 Å². The lowest BCUT2D eigenvalue weighted by Crippen LogP contribution is -2.03. The Labute approximate surface area is 153 Å². The molecular formula is C22H22N4. The fourth-order valence-corrected chi connectivity index (χ4v) is 3.51. The highest BCUT2D eigenvalue weighted by atomic mass is 15.1. The molecule has 130 valence electrons. The Bertz CT molecular complexity index is 1140. The van der Waals surface area contributed by atoms with Crippen molar-refractivity contribution in [3.05, 3.63) is 71.9 Å². The second kappa shape index (κ2) is 6.37. The van der Waals surface area contributed by atoms with Gasteiger partial charge < -0.3 is 4.57 Å². The van der Waals surface area contributed by atoms with Crippen LogP contribution in [0.2, 0.25) is 0 Å². The van der Waals surface area contributed by atoms with E-state index in [4.69, 9.17) is 9.97 Å². The SMILES string of the molecule is C=C(C)c1ccc(CCc2nc3c4ncccc4ccc3n2C)nc1C. The van der Waals surface area contributed by atoms with Gasteiger partial charge in [-0.3, -0.25) is 9.97 Å². The molecule has 0 radical (unpaired) electrons. The number of hydrogen-bond acceptors (Lipinski definition) is 3. The molecule has 4 rings (SSSR count). The van der Waals surface area contributed by atoms with Gasteiger partial charge >= 0.3 is 0 Å². The summed E-state index contributed by atoms with van der Waals surface area (Å²) in [6, 6.07) is 12.5. The van der Waals surface area contributed by atoms with Crippen LogP contribution in [0.5, 0.6) is 0 Å². The van der Waals surface area contributed by atoms with E-state index in [0.29, 0.717) is 0 Å². The van der Waals surface area contributed by atoms with Crippen molar-refractivity contribution in [2.75, 3.05) is 0 Å². The lowest BCUT2D eigenvalue weighted by atomic mass is 10.1. The third-order valence-electron chi connectivity index (χ3n) is 4.92. The second-order valence-electron chi connectivity index (χ2n) is 6.81. The molecule has 0 unspecified atom stereocenters. The minimum atomic E-state index is 0.846. The van der Waals surface area contributed by atoms with Gasteiger partial charge in [0.25, 0.3) is 0 Å². The first kappa shape index (κ1) is 16.5. The van der Waals surface area contributed by atoms with E-state index in [1.807, 2.05) is 26.1 Å². The van der Waals surface area contributed by atoms with Crippen LogP contribution in [0.4, 0.5) is 0 Å². The zero-order chi connectivity index (χ0) is 18.3. The Hall–Kier alpha value is -3.01. The molecule has 0 N–H and O–H groups in total. The van der Waals surface area contributed by atoms with Crippen LogP contribution >= 0.6 is 0 Å². The topological polar surface area (TPSA) is 43.6 Å². The number of hydrogen-bond donors (Lipinski definition) is 0. The molecule has 0 saturated carbocycles. The quantitative estimate of drug-likeness (QED) is 0.542. The van der Waals surface area contributed by atoms with E-state index in [0.717, 1.165) is 63.1 Å². The molecular weight excluding hydrogens is 320 g/mol. The summed E-state index contributed by atoms with van der Waals surface area (Å²) in [6.07, 6.45) is 3.53. The molecule has 4 aromatic rings. The number of allylic oxidation sites excluding steroid dienone is 1. The second-order valence-corrected chi connectivity index (χ2v) is 6.81. The normalized spacial score (nSPS) is 11.3. The van der Waals surface area contributed by atoms with Crippen molar-refractivity contribution in [2.45, 2.75) is 26.7 Å². The summed E-state index contributed by atoms with van der Waals surface area (Å²) < 4.78 is 2.17. The monoisotopic (exact) mass is 342 g/mol. The van der Waals surface area contributed by atoms with Crippen LogP contribution in [-0.4, -0.2) is 19.5 Å². The van der Waals surface area contributed by atoms with Gasteiger partial charge in [0.15, 0.2) is 0 Å². The number of rotatable bonds is 4.